The highest BCUT2D eigenvalue weighted by Crippen LogP contribution is 2.30. The minimum absolute atomic E-state index is 0.00384. The number of morpholine rings is 1. The van der Waals surface area contributed by atoms with E-state index in [0.717, 1.165) is 11.3 Å². The first-order valence-electron chi connectivity index (χ1n) is 10.5. The van der Waals surface area contributed by atoms with Gasteiger partial charge in [0, 0.05) is 18.7 Å². The minimum atomic E-state index is -0.394. The quantitative estimate of drug-likeness (QED) is 0.504. The number of amides is 1. The molecule has 0 N–H and O–H groups in total. The van der Waals surface area contributed by atoms with Gasteiger partial charge in [0.1, 0.15) is 11.6 Å². The Kier molecular flexibility index (Phi) is 7.06. The molecule has 9 heteroatoms. The number of para-hydroxylation sites is 1. The number of carbonyl (C=O) groups is 1. The minimum Gasteiger partial charge on any atom is -0.494 e. The molecule has 0 saturated carbocycles. The van der Waals surface area contributed by atoms with Gasteiger partial charge in [0.15, 0.2) is 11.0 Å². The summed E-state index contributed by atoms with van der Waals surface area (Å²) in [5, 5.41) is 9.06. The van der Waals surface area contributed by atoms with Crippen molar-refractivity contribution < 1.29 is 18.7 Å². The molecule has 1 atom stereocenters. The van der Waals surface area contributed by atoms with Gasteiger partial charge in [-0.2, -0.15) is 0 Å². The summed E-state index contributed by atoms with van der Waals surface area (Å²) in [6, 6.07) is 13.9. The van der Waals surface area contributed by atoms with Gasteiger partial charge in [-0.15, -0.1) is 10.2 Å². The molecule has 1 unspecified atom stereocenters. The van der Waals surface area contributed by atoms with Gasteiger partial charge in [0.25, 0.3) is 0 Å². The second kappa shape index (κ2) is 10.1. The van der Waals surface area contributed by atoms with E-state index in [1.54, 1.807) is 27.7 Å². The Morgan fingerprint density at radius 3 is 2.72 bits per heavy atom. The number of carbonyl (C=O) groups excluding carboxylic acids is 1. The van der Waals surface area contributed by atoms with Gasteiger partial charge in [-0.25, -0.2) is 4.39 Å². The van der Waals surface area contributed by atoms with E-state index in [2.05, 4.69) is 10.2 Å². The molecule has 1 aliphatic heterocycles. The lowest BCUT2D eigenvalue weighted by Crippen LogP contribution is -2.45. The maximum absolute atomic E-state index is 14.7. The molecule has 2 heterocycles. The molecule has 1 fully saturated rings. The van der Waals surface area contributed by atoms with E-state index in [9.17, 15) is 9.18 Å². The monoisotopic (exact) mass is 456 g/mol. The average molecular weight is 457 g/mol. The molecule has 1 aliphatic rings. The van der Waals surface area contributed by atoms with Crippen molar-refractivity contribution in [3.05, 3.63) is 54.3 Å². The first-order valence-corrected chi connectivity index (χ1v) is 11.5. The van der Waals surface area contributed by atoms with Gasteiger partial charge in [-0.05, 0) is 50.2 Å². The number of halogens is 1. The van der Waals surface area contributed by atoms with Crippen LogP contribution in [0.5, 0.6) is 5.75 Å². The van der Waals surface area contributed by atoms with E-state index in [0.29, 0.717) is 43.0 Å². The Hall–Kier alpha value is -2.91. The molecule has 0 radical (unpaired) electrons. The van der Waals surface area contributed by atoms with E-state index < -0.39 is 5.82 Å². The molecule has 1 amide bonds. The van der Waals surface area contributed by atoms with Crippen LogP contribution in [-0.4, -0.2) is 63.7 Å². The predicted octanol–water partition coefficient (Wildman–Crippen LogP) is 3.81. The number of hydrogen-bond donors (Lipinski definition) is 0. The van der Waals surface area contributed by atoms with Crippen molar-refractivity contribution >= 4 is 17.7 Å². The summed E-state index contributed by atoms with van der Waals surface area (Å²) in [7, 11) is 0. The van der Waals surface area contributed by atoms with E-state index in [1.807, 2.05) is 38.1 Å². The van der Waals surface area contributed by atoms with Crippen molar-refractivity contribution in [1.29, 1.82) is 0 Å². The maximum atomic E-state index is 14.7. The second-order valence-corrected chi connectivity index (χ2v) is 8.30. The number of ether oxygens (including phenoxy) is 2. The van der Waals surface area contributed by atoms with Crippen LogP contribution < -0.4 is 4.74 Å². The second-order valence-electron chi connectivity index (χ2n) is 7.36. The Morgan fingerprint density at radius 2 is 2.00 bits per heavy atom. The third-order valence-corrected chi connectivity index (χ3v) is 5.98. The maximum Gasteiger partial charge on any atom is 0.233 e. The summed E-state index contributed by atoms with van der Waals surface area (Å²) >= 11 is 1.25. The average Bonchev–Trinajstić information content (AvgIpc) is 3.22. The third-order valence-electron chi connectivity index (χ3n) is 5.07. The molecule has 3 aromatic rings. The fourth-order valence-electron chi connectivity index (χ4n) is 3.53. The highest BCUT2D eigenvalue weighted by molar-refractivity contribution is 7.99. The Morgan fingerprint density at radius 1 is 1.22 bits per heavy atom. The van der Waals surface area contributed by atoms with Crippen LogP contribution >= 0.6 is 11.8 Å². The fraction of sp³-hybridized carbons (Fsp3) is 0.348. The normalized spacial score (nSPS) is 16.2. The largest absolute Gasteiger partial charge is 0.494 e. The molecule has 2 aromatic carbocycles. The van der Waals surface area contributed by atoms with Gasteiger partial charge in [-0.3, -0.25) is 9.36 Å². The summed E-state index contributed by atoms with van der Waals surface area (Å²) in [5.74, 6) is 1.02. The smallest absolute Gasteiger partial charge is 0.233 e. The number of aromatic nitrogens is 3. The van der Waals surface area contributed by atoms with E-state index in [1.165, 1.54) is 17.8 Å². The van der Waals surface area contributed by atoms with Crippen molar-refractivity contribution in [2.45, 2.75) is 25.1 Å². The number of hydrogen-bond acceptors (Lipinski definition) is 6. The molecule has 4 rings (SSSR count). The van der Waals surface area contributed by atoms with Crippen LogP contribution in [0, 0.1) is 5.82 Å². The molecular weight excluding hydrogens is 431 g/mol. The Labute approximate surface area is 190 Å². The molecule has 32 heavy (non-hydrogen) atoms. The summed E-state index contributed by atoms with van der Waals surface area (Å²) in [6.45, 7) is 6.11. The number of rotatable bonds is 7. The standard InChI is InChI=1S/C23H25FN4O3S/c1-3-30-18-10-8-17(9-11-18)22-25-26-23(28(22)20-7-5-4-6-19(20)24)32-15-21(29)27-12-13-31-16(2)14-27/h4-11,16H,3,12-15H2,1-2H3. The third kappa shape index (κ3) is 4.94. The SMILES string of the molecule is CCOc1ccc(-c2nnc(SCC(=O)N3CCOC(C)C3)n2-c2ccccc2F)cc1. The first-order chi connectivity index (χ1) is 15.6. The summed E-state index contributed by atoms with van der Waals surface area (Å²) < 4.78 is 27.4. The lowest BCUT2D eigenvalue weighted by atomic mass is 10.2. The highest BCUT2D eigenvalue weighted by atomic mass is 32.2. The summed E-state index contributed by atoms with van der Waals surface area (Å²) in [5.41, 5.74) is 1.10. The van der Waals surface area contributed by atoms with Crippen LogP contribution in [0.25, 0.3) is 17.1 Å². The van der Waals surface area contributed by atoms with Gasteiger partial charge in [0.2, 0.25) is 5.91 Å². The molecule has 0 spiro atoms. The molecule has 168 valence electrons. The lowest BCUT2D eigenvalue weighted by molar-refractivity contribution is -0.135. The lowest BCUT2D eigenvalue weighted by Gasteiger charge is -2.31. The molecular formula is C23H25FN4O3S. The Bertz CT molecular complexity index is 1070. The van der Waals surface area contributed by atoms with Crippen LogP contribution in [0.15, 0.2) is 53.7 Å². The first kappa shape index (κ1) is 22.3. The topological polar surface area (TPSA) is 69.5 Å². The number of benzene rings is 2. The summed E-state index contributed by atoms with van der Waals surface area (Å²) in [6.07, 6.45) is 0.0195. The van der Waals surface area contributed by atoms with Crippen molar-refractivity contribution in [1.82, 2.24) is 19.7 Å². The predicted molar refractivity (Wildman–Crippen MR) is 121 cm³/mol. The molecule has 1 aromatic heterocycles. The van der Waals surface area contributed by atoms with Crippen molar-refractivity contribution in [2.24, 2.45) is 0 Å². The Balaban J connectivity index is 1.62. The molecule has 0 bridgehead atoms. The van der Waals surface area contributed by atoms with E-state index in [4.69, 9.17) is 9.47 Å². The zero-order valence-corrected chi connectivity index (χ0v) is 18.8. The van der Waals surface area contributed by atoms with Crippen LogP contribution in [0.4, 0.5) is 4.39 Å². The highest BCUT2D eigenvalue weighted by Gasteiger charge is 2.24. The number of thioether (sulfide) groups is 1. The van der Waals surface area contributed by atoms with Crippen LogP contribution in [-0.2, 0) is 9.53 Å². The zero-order chi connectivity index (χ0) is 22.5. The molecule has 7 nitrogen and oxygen atoms in total. The van der Waals surface area contributed by atoms with Crippen molar-refractivity contribution in [2.75, 3.05) is 32.1 Å². The van der Waals surface area contributed by atoms with Gasteiger partial charge in [0.05, 0.1) is 30.8 Å². The molecule has 1 saturated heterocycles. The fourth-order valence-corrected chi connectivity index (χ4v) is 4.38. The van der Waals surface area contributed by atoms with Crippen molar-refractivity contribution in [3.8, 4) is 22.8 Å². The van der Waals surface area contributed by atoms with Crippen LogP contribution in [0.1, 0.15) is 13.8 Å². The van der Waals surface area contributed by atoms with Gasteiger partial charge < -0.3 is 14.4 Å². The van der Waals surface area contributed by atoms with Gasteiger partial charge in [-0.1, -0.05) is 23.9 Å². The number of nitrogens with zero attached hydrogens (tertiary/aromatic N) is 4. The van der Waals surface area contributed by atoms with Crippen LogP contribution in [0.3, 0.4) is 0 Å². The van der Waals surface area contributed by atoms with Gasteiger partial charge >= 0.3 is 0 Å². The van der Waals surface area contributed by atoms with Crippen molar-refractivity contribution in [3.63, 3.8) is 0 Å². The zero-order valence-electron chi connectivity index (χ0n) is 18.0. The molecule has 0 aliphatic carbocycles. The van der Waals surface area contributed by atoms with E-state index >= 15 is 0 Å². The van der Waals surface area contributed by atoms with E-state index in [-0.39, 0.29) is 17.8 Å². The van der Waals surface area contributed by atoms with Crippen LogP contribution in [0.2, 0.25) is 0 Å². The summed E-state index contributed by atoms with van der Waals surface area (Å²) in [4.78, 5) is 14.5.